The monoisotopic (exact) mass is 882 g/mol. The maximum atomic E-state index is 13.5. The number of ether oxygens (including phenoxy) is 4. The lowest BCUT2D eigenvalue weighted by molar-refractivity contribution is -0.160. The minimum atomic E-state index is -1.02. The van der Waals surface area contributed by atoms with E-state index in [0.29, 0.717) is 55.6 Å². The number of carbonyl (C=O) groups excluding carboxylic acids is 4. The Balaban J connectivity index is 1.51. The van der Waals surface area contributed by atoms with Crippen molar-refractivity contribution in [2.24, 2.45) is 23.7 Å². The Labute approximate surface area is 369 Å². The summed E-state index contributed by atoms with van der Waals surface area (Å²) in [4.78, 5) is 64.3. The summed E-state index contributed by atoms with van der Waals surface area (Å²) in [6.07, 6.45) is 10.4. The van der Waals surface area contributed by atoms with E-state index in [-0.39, 0.29) is 72.8 Å². The molecule has 2 N–H and O–H groups in total. The first-order valence-electron chi connectivity index (χ1n) is 21.7. The van der Waals surface area contributed by atoms with Gasteiger partial charge in [-0.25, -0.2) is 9.97 Å². The average Bonchev–Trinajstić information content (AvgIpc) is 4.05. The Morgan fingerprint density at radius 3 is 2.41 bits per heavy atom. The zero-order chi connectivity index (χ0) is 46.2. The predicted octanol–water partition coefficient (Wildman–Crippen LogP) is 6.94. The summed E-state index contributed by atoms with van der Waals surface area (Å²) in [6.45, 7) is 10.8. The summed E-state index contributed by atoms with van der Waals surface area (Å²) in [5.41, 5.74) is 1.43. The van der Waals surface area contributed by atoms with Crippen LogP contribution < -0.4 is 0 Å². The summed E-state index contributed by atoms with van der Waals surface area (Å²) < 4.78 is 40.7. The van der Waals surface area contributed by atoms with Crippen LogP contribution in [0.5, 0.6) is 0 Å². The number of fused-ring (bicyclic) bond motifs is 8. The highest BCUT2D eigenvalue weighted by molar-refractivity contribution is 5.79. The second-order valence-corrected chi connectivity index (χ2v) is 16.9. The van der Waals surface area contributed by atoms with Crippen LogP contribution in [0.3, 0.4) is 0 Å². The van der Waals surface area contributed by atoms with Gasteiger partial charge < -0.3 is 47.3 Å². The maximum absolute atomic E-state index is 13.5. The van der Waals surface area contributed by atoms with Crippen molar-refractivity contribution in [3.05, 3.63) is 48.5 Å². The molecule has 0 saturated carbocycles. The number of Topliss-reactive ketones (excluding diaryl/α,β-unsaturated/α-hetero) is 1. The molecule has 3 aromatic rings. The zero-order valence-corrected chi connectivity index (χ0v) is 38.0. The van der Waals surface area contributed by atoms with Gasteiger partial charge in [-0.3, -0.25) is 19.2 Å². The maximum Gasteiger partial charge on any atom is 0.308 e. The number of amides is 1. The number of rotatable bonds is 15. The van der Waals surface area contributed by atoms with Crippen LogP contribution in [-0.4, -0.2) is 112 Å². The van der Waals surface area contributed by atoms with Crippen molar-refractivity contribution in [2.45, 2.75) is 142 Å². The number of esters is 2. The van der Waals surface area contributed by atoms with Crippen LogP contribution in [0, 0.1) is 23.7 Å². The van der Waals surface area contributed by atoms with E-state index in [1.807, 2.05) is 40.7 Å². The lowest BCUT2D eigenvalue weighted by Gasteiger charge is -2.34. The van der Waals surface area contributed by atoms with Crippen molar-refractivity contribution >= 4 is 30.2 Å². The fraction of sp³-hybridized carbons (Fsp3) is 0.630. The molecule has 0 radical (unpaired) electrons. The predicted molar refractivity (Wildman–Crippen MR) is 230 cm³/mol. The topological polar surface area (TPSA) is 227 Å². The minimum Gasteiger partial charge on any atom is -0.462 e. The lowest BCUT2D eigenvalue weighted by atomic mass is 9.83. The summed E-state index contributed by atoms with van der Waals surface area (Å²) in [7, 11) is 4.77. The second-order valence-electron chi connectivity index (χ2n) is 16.9. The summed E-state index contributed by atoms with van der Waals surface area (Å²) in [6, 6.07) is 0. The average molecular weight is 883 g/mol. The second kappa shape index (κ2) is 24.8. The number of aliphatic hydroxyl groups is 2. The van der Waals surface area contributed by atoms with Gasteiger partial charge in [0, 0.05) is 77.3 Å². The van der Waals surface area contributed by atoms with Crippen LogP contribution in [0.25, 0.3) is 29.4 Å². The van der Waals surface area contributed by atoms with Gasteiger partial charge in [-0.1, -0.05) is 46.8 Å². The van der Waals surface area contributed by atoms with Crippen LogP contribution in [-0.2, 0) is 38.1 Å². The Morgan fingerprint density at radius 1 is 1.00 bits per heavy atom. The molecule has 11 atom stereocenters. The van der Waals surface area contributed by atoms with Gasteiger partial charge in [0.05, 0.1) is 36.5 Å². The Kier molecular flexibility index (Phi) is 19.9. The number of hydrogen-bond donors (Lipinski definition) is 2. The van der Waals surface area contributed by atoms with Crippen molar-refractivity contribution in [2.75, 3.05) is 21.3 Å². The Hall–Kier alpha value is -4.97. The fourth-order valence-corrected chi connectivity index (χ4v) is 7.81. The Bertz CT molecular complexity index is 1950. The third-order valence-corrected chi connectivity index (χ3v) is 11.9. The number of carbonyl (C=O) groups is 4. The quantitative estimate of drug-likeness (QED) is 0.116. The van der Waals surface area contributed by atoms with Gasteiger partial charge in [0.25, 0.3) is 11.8 Å². The number of aromatic nitrogens is 3. The van der Waals surface area contributed by atoms with Crippen LogP contribution in [0.15, 0.2) is 50.4 Å². The molecule has 3 aromatic heterocycles. The smallest absolute Gasteiger partial charge is 0.308 e. The number of hydrogen-bond acceptors (Lipinski definition) is 16. The molecule has 1 aliphatic rings. The fourth-order valence-electron chi connectivity index (χ4n) is 7.81. The number of methoxy groups -OCH3 is 2. The van der Waals surface area contributed by atoms with Gasteiger partial charge >= 0.3 is 11.9 Å². The number of ketones is 1. The van der Waals surface area contributed by atoms with Gasteiger partial charge in [0.1, 0.15) is 42.5 Å². The van der Waals surface area contributed by atoms with Crippen LogP contribution in [0.1, 0.15) is 117 Å². The van der Waals surface area contributed by atoms with Crippen LogP contribution in [0.2, 0.25) is 0 Å². The SMILES string of the molecule is COC(CC1OC(=O)CC(O)CCCC(=O)CC(C)c2coc(n2)-c2coc(n2)-c2nc(co2)/C=C/CC(OC)C1C)C(C)CCC(O)C(C)C(OC(C)=O)C(C)/C=C/N(C)C=O. The van der Waals surface area contributed by atoms with Gasteiger partial charge in [-0.2, -0.15) is 4.98 Å². The van der Waals surface area contributed by atoms with E-state index < -0.39 is 54.5 Å². The highest BCUT2D eigenvalue weighted by atomic mass is 16.6. The summed E-state index contributed by atoms with van der Waals surface area (Å²) in [5, 5.41) is 22.2. The van der Waals surface area contributed by atoms with E-state index >= 15 is 0 Å². The van der Waals surface area contributed by atoms with Gasteiger partial charge in [-0.15, -0.1) is 0 Å². The van der Waals surface area contributed by atoms with E-state index in [4.69, 9.17) is 32.2 Å². The molecule has 0 aliphatic carbocycles. The molecule has 1 aliphatic heterocycles. The molecule has 0 aromatic carbocycles. The van der Waals surface area contributed by atoms with Gasteiger partial charge in [0.15, 0.2) is 5.69 Å². The van der Waals surface area contributed by atoms with Gasteiger partial charge in [-0.05, 0) is 44.1 Å². The minimum absolute atomic E-state index is 0.0133. The molecule has 4 heterocycles. The summed E-state index contributed by atoms with van der Waals surface area (Å²) in [5.74, 6) is -1.99. The molecule has 63 heavy (non-hydrogen) atoms. The van der Waals surface area contributed by atoms with E-state index in [1.54, 1.807) is 39.6 Å². The molecule has 348 valence electrons. The molecular weight excluding hydrogens is 817 g/mol. The molecule has 17 heteroatoms. The first-order valence-corrected chi connectivity index (χ1v) is 21.7. The third kappa shape index (κ3) is 15.4. The molecular formula is C46H66N4O13. The molecule has 0 fully saturated rings. The first kappa shape index (κ1) is 50.7. The standard InChI is InChI=1S/C46H66N4O13/c1-27(16-17-38(55)30(4)43(62-32(6)52)28(2)18-19-50(7)26-51)40(58-9)22-41-31(5)39(57-8)15-10-12-33-23-59-45(47-33)46-49-37(25-61-46)44-48-36(24-60-44)29(3)20-34(53)13-11-14-35(54)21-42(56)63-41/h10,12,18-19,23-31,35,38-41,43,54-55H,11,13-17,20-22H2,1-9H3/b12-10+,19-18+. The molecule has 0 saturated heterocycles. The van der Waals surface area contributed by atoms with E-state index in [9.17, 15) is 29.4 Å². The van der Waals surface area contributed by atoms with E-state index in [0.717, 1.165) is 0 Å². The van der Waals surface area contributed by atoms with Gasteiger partial charge in [0.2, 0.25) is 12.3 Å². The third-order valence-electron chi connectivity index (χ3n) is 11.9. The van der Waals surface area contributed by atoms with E-state index in [2.05, 4.69) is 15.0 Å². The molecule has 0 spiro atoms. The molecule has 6 bridgehead atoms. The lowest BCUT2D eigenvalue weighted by Crippen LogP contribution is -2.39. The van der Waals surface area contributed by atoms with E-state index in [1.165, 1.54) is 30.6 Å². The molecule has 1 amide bonds. The molecule has 4 rings (SSSR count). The molecule has 11 unspecified atom stereocenters. The van der Waals surface area contributed by atoms with Crippen molar-refractivity contribution < 1.29 is 61.6 Å². The normalized spacial score (nSPS) is 24.2. The highest BCUT2D eigenvalue weighted by Crippen LogP contribution is 2.31. The number of cyclic esters (lactones) is 1. The van der Waals surface area contributed by atoms with Crippen LogP contribution >= 0.6 is 0 Å². The van der Waals surface area contributed by atoms with Crippen molar-refractivity contribution in [3.63, 3.8) is 0 Å². The van der Waals surface area contributed by atoms with Crippen LogP contribution in [0.4, 0.5) is 0 Å². The first-order chi connectivity index (χ1) is 30.0. The largest absolute Gasteiger partial charge is 0.462 e. The molecule has 17 nitrogen and oxygen atoms in total. The number of nitrogens with zero attached hydrogens (tertiary/aromatic N) is 4. The van der Waals surface area contributed by atoms with Crippen molar-refractivity contribution in [3.8, 4) is 23.4 Å². The number of aliphatic hydroxyl groups excluding tert-OH is 2. The van der Waals surface area contributed by atoms with Crippen molar-refractivity contribution in [1.29, 1.82) is 0 Å². The number of oxazole rings is 3. The Morgan fingerprint density at radius 2 is 1.71 bits per heavy atom. The summed E-state index contributed by atoms with van der Waals surface area (Å²) >= 11 is 0. The highest BCUT2D eigenvalue weighted by Gasteiger charge is 2.35. The zero-order valence-electron chi connectivity index (χ0n) is 38.0. The van der Waals surface area contributed by atoms with Crippen molar-refractivity contribution in [1.82, 2.24) is 19.9 Å².